The van der Waals surface area contributed by atoms with Gasteiger partial charge in [0.2, 0.25) is 11.2 Å². The van der Waals surface area contributed by atoms with E-state index in [0.717, 1.165) is 22.1 Å². The van der Waals surface area contributed by atoms with E-state index in [1.807, 2.05) is 18.2 Å². The van der Waals surface area contributed by atoms with E-state index in [2.05, 4.69) is 10.5 Å². The van der Waals surface area contributed by atoms with Gasteiger partial charge in [0.25, 0.3) is 5.91 Å². The number of hydrogen-bond donors (Lipinski definition) is 2. The van der Waals surface area contributed by atoms with Gasteiger partial charge in [-0.3, -0.25) is 29.0 Å². The van der Waals surface area contributed by atoms with Gasteiger partial charge in [0, 0.05) is 35.0 Å². The van der Waals surface area contributed by atoms with E-state index in [-0.39, 0.29) is 37.1 Å². The molecular formula is C33H35F2N4O8PS. The smallest absolute Gasteiger partial charge is 0.459 e. The molecule has 3 aromatic rings. The third kappa shape index (κ3) is 5.46. The van der Waals surface area contributed by atoms with Crippen LogP contribution in [0.2, 0.25) is 0 Å². The molecule has 1 spiro atoms. The minimum absolute atomic E-state index is 0.0967. The standard InChI is InChI=1S/C33H35F2N4O8PS/c1-5-46-48(43,36-27(17(2)3)32(42)44-4)47-29-23(40)11-12-39-28(29)31(41)38-13-14-45-30-25(33(30,38)37-39)19-7-6-8-24-20(19)15-18-9-10-22(34)26(35)21(18)16-49-24/h6-12,17,25,27,30,37H,5,13-16H2,1-4H3,(H,36,43)/t25?,27-,30-,33+,48?/m0/s1. The number of rotatable bonds is 9. The zero-order chi connectivity index (χ0) is 34.8. The lowest BCUT2D eigenvalue weighted by Gasteiger charge is -2.42. The van der Waals surface area contributed by atoms with Crippen LogP contribution in [-0.4, -0.2) is 66.1 Å². The number of pyridine rings is 1. The molecule has 4 aliphatic rings. The van der Waals surface area contributed by atoms with Crippen LogP contribution < -0.4 is 20.5 Å². The van der Waals surface area contributed by atoms with Crippen LogP contribution in [0.15, 0.2) is 52.3 Å². The largest absolute Gasteiger partial charge is 0.468 e. The summed E-state index contributed by atoms with van der Waals surface area (Å²) in [6, 6.07) is 8.64. The molecule has 16 heteroatoms. The Morgan fingerprint density at radius 3 is 2.73 bits per heavy atom. The first-order valence-corrected chi connectivity index (χ1v) is 18.4. The van der Waals surface area contributed by atoms with Crippen molar-refractivity contribution in [3.05, 3.63) is 92.4 Å². The van der Waals surface area contributed by atoms with Crippen LogP contribution in [0, 0.1) is 17.6 Å². The number of nitrogens with one attached hydrogen (secondary N) is 2. The Bertz CT molecular complexity index is 1980. The van der Waals surface area contributed by atoms with Gasteiger partial charge in [-0.05, 0) is 48.1 Å². The fraction of sp³-hybridized carbons (Fsp3) is 0.424. The van der Waals surface area contributed by atoms with Crippen molar-refractivity contribution in [3.8, 4) is 5.75 Å². The summed E-state index contributed by atoms with van der Waals surface area (Å²) in [6.07, 6.45) is 1.28. The highest BCUT2D eigenvalue weighted by Crippen LogP contribution is 2.61. The van der Waals surface area contributed by atoms with E-state index in [1.54, 1.807) is 31.7 Å². The molecule has 1 aliphatic carbocycles. The average Bonchev–Trinajstić information content (AvgIpc) is 3.77. The lowest BCUT2D eigenvalue weighted by molar-refractivity contribution is -0.143. The maximum Gasteiger partial charge on any atom is 0.459 e. The van der Waals surface area contributed by atoms with Crippen LogP contribution in [0.25, 0.3) is 0 Å². The Hall–Kier alpha value is -3.75. The lowest BCUT2D eigenvalue weighted by atomic mass is 9.93. The molecule has 2 unspecified atom stereocenters. The van der Waals surface area contributed by atoms with E-state index < -0.39 is 66.2 Å². The second-order valence-corrected chi connectivity index (χ2v) is 15.3. The molecule has 5 atom stereocenters. The summed E-state index contributed by atoms with van der Waals surface area (Å²) < 4.78 is 66.7. The van der Waals surface area contributed by atoms with Crippen molar-refractivity contribution < 1.29 is 41.5 Å². The van der Waals surface area contributed by atoms with E-state index in [4.69, 9.17) is 18.5 Å². The summed E-state index contributed by atoms with van der Waals surface area (Å²) in [6.45, 7) is 5.28. The van der Waals surface area contributed by atoms with Crippen LogP contribution >= 0.6 is 19.5 Å². The van der Waals surface area contributed by atoms with Crippen molar-refractivity contribution in [2.75, 3.05) is 32.3 Å². The van der Waals surface area contributed by atoms with Gasteiger partial charge in [-0.25, -0.2) is 13.3 Å². The Kier molecular flexibility index (Phi) is 8.63. The quantitative estimate of drug-likeness (QED) is 0.239. The Labute approximate surface area is 285 Å². The number of ether oxygens (including phenoxy) is 2. The van der Waals surface area contributed by atoms with Gasteiger partial charge in [0.15, 0.2) is 23.0 Å². The third-order valence-corrected chi connectivity index (χ3v) is 12.2. The van der Waals surface area contributed by atoms with Gasteiger partial charge in [-0.2, -0.15) is 5.09 Å². The molecule has 1 saturated heterocycles. The predicted octanol–water partition coefficient (Wildman–Crippen LogP) is 4.53. The molecular weight excluding hydrogens is 681 g/mol. The number of amides is 1. The number of methoxy groups -OCH3 is 1. The van der Waals surface area contributed by atoms with E-state index >= 15 is 0 Å². The number of carbonyl (C=O) groups excluding carboxylic acids is 2. The summed E-state index contributed by atoms with van der Waals surface area (Å²) in [7, 11) is -3.22. The molecule has 2 N–H and O–H groups in total. The highest BCUT2D eigenvalue weighted by molar-refractivity contribution is 7.98. The molecule has 2 aromatic carbocycles. The number of aromatic nitrogens is 1. The average molecular weight is 717 g/mol. The third-order valence-electron chi connectivity index (χ3n) is 9.43. The molecule has 1 amide bonds. The van der Waals surface area contributed by atoms with Crippen molar-refractivity contribution in [3.63, 3.8) is 0 Å². The first-order valence-electron chi connectivity index (χ1n) is 15.9. The highest BCUT2D eigenvalue weighted by Gasteiger charge is 2.75. The summed E-state index contributed by atoms with van der Waals surface area (Å²) in [5, 5.41) is 2.60. The molecule has 260 valence electrons. The number of carbonyl (C=O) groups is 2. The molecule has 2 fully saturated rings. The fourth-order valence-corrected chi connectivity index (χ4v) is 9.90. The van der Waals surface area contributed by atoms with Crippen molar-refractivity contribution in [1.29, 1.82) is 0 Å². The lowest BCUT2D eigenvalue weighted by Crippen LogP contribution is -2.61. The number of halogens is 2. The van der Waals surface area contributed by atoms with Crippen molar-refractivity contribution >= 4 is 31.4 Å². The van der Waals surface area contributed by atoms with Gasteiger partial charge in [-0.1, -0.05) is 32.0 Å². The molecule has 0 bridgehead atoms. The Morgan fingerprint density at radius 1 is 1.20 bits per heavy atom. The Balaban J connectivity index is 1.26. The summed E-state index contributed by atoms with van der Waals surface area (Å²) in [4.78, 5) is 42.7. The SMILES string of the molecule is CCOP(=O)(N[C@H](C(=O)OC)C(C)C)Oc1c2n(ccc1=O)N[C@@]13C(c4cccc5c4Cc4ccc(F)c(F)c4CS5)[C@@H]1OCCN3C2=O. The molecule has 1 saturated carbocycles. The minimum atomic E-state index is -4.41. The van der Waals surface area contributed by atoms with Crippen LogP contribution in [0.5, 0.6) is 5.75 Å². The topological polar surface area (TPSA) is 137 Å². The number of esters is 1. The van der Waals surface area contributed by atoms with E-state index in [1.165, 1.54) is 35.8 Å². The highest BCUT2D eigenvalue weighted by atomic mass is 32.2. The van der Waals surface area contributed by atoms with E-state index in [0.29, 0.717) is 17.5 Å². The zero-order valence-electron chi connectivity index (χ0n) is 27.2. The summed E-state index contributed by atoms with van der Waals surface area (Å²) >= 11 is 1.43. The van der Waals surface area contributed by atoms with Gasteiger partial charge in [-0.15, -0.1) is 11.8 Å². The van der Waals surface area contributed by atoms with Crippen LogP contribution in [0.3, 0.4) is 0 Å². The summed E-state index contributed by atoms with van der Waals surface area (Å²) in [5.41, 5.74) is 4.29. The van der Waals surface area contributed by atoms with Gasteiger partial charge >= 0.3 is 13.7 Å². The molecule has 0 radical (unpaired) electrons. The Morgan fingerprint density at radius 2 is 2.00 bits per heavy atom. The van der Waals surface area contributed by atoms with Crippen LogP contribution in [0.1, 0.15) is 59.4 Å². The van der Waals surface area contributed by atoms with Crippen LogP contribution in [-0.2, 0) is 35.5 Å². The second-order valence-electron chi connectivity index (χ2n) is 12.6. The van der Waals surface area contributed by atoms with Crippen LogP contribution in [0.4, 0.5) is 8.78 Å². The number of morpholine rings is 1. The van der Waals surface area contributed by atoms with Gasteiger partial charge in [0.1, 0.15) is 12.1 Å². The maximum atomic E-state index is 14.8. The molecule has 12 nitrogen and oxygen atoms in total. The van der Waals surface area contributed by atoms with Crippen molar-refractivity contribution in [2.24, 2.45) is 5.92 Å². The van der Waals surface area contributed by atoms with Crippen molar-refractivity contribution in [2.45, 2.75) is 61.6 Å². The fourth-order valence-electron chi connectivity index (χ4n) is 7.07. The molecule has 49 heavy (non-hydrogen) atoms. The number of nitrogens with zero attached hydrogens (tertiary/aromatic N) is 2. The van der Waals surface area contributed by atoms with Gasteiger partial charge < -0.3 is 18.9 Å². The monoisotopic (exact) mass is 716 g/mol. The normalized spacial score (nSPS) is 23.8. The second kappa shape index (κ2) is 12.5. The maximum absolute atomic E-state index is 14.8. The molecule has 7 rings (SSSR count). The van der Waals surface area contributed by atoms with E-state index in [9.17, 15) is 27.7 Å². The minimum Gasteiger partial charge on any atom is -0.468 e. The molecule has 4 heterocycles. The first kappa shape index (κ1) is 33.7. The zero-order valence-corrected chi connectivity index (χ0v) is 28.9. The van der Waals surface area contributed by atoms with Gasteiger partial charge in [0.05, 0.1) is 26.2 Å². The predicted molar refractivity (Wildman–Crippen MR) is 175 cm³/mol. The summed E-state index contributed by atoms with van der Waals surface area (Å²) in [5.74, 6) is -3.98. The van der Waals surface area contributed by atoms with Crippen molar-refractivity contribution in [1.82, 2.24) is 14.7 Å². The first-order chi connectivity index (χ1) is 23.4. The molecule has 3 aliphatic heterocycles. The number of thioether (sulfide) groups is 1. The molecule has 1 aromatic heterocycles. The number of fused-ring (bicyclic) bond motifs is 3. The number of hydrogen-bond acceptors (Lipinski definition) is 10. The number of benzene rings is 2.